The van der Waals surface area contributed by atoms with E-state index in [2.05, 4.69) is 0 Å². The number of nitrogens with zero attached hydrogens (tertiary/aromatic N) is 3. The van der Waals surface area contributed by atoms with E-state index in [9.17, 15) is 23.2 Å². The second-order valence-electron chi connectivity index (χ2n) is 10.5. The Balaban J connectivity index is 1.51. The number of halogens is 3. The van der Waals surface area contributed by atoms with E-state index in [0.717, 1.165) is 16.5 Å². The van der Waals surface area contributed by atoms with Crippen molar-refractivity contribution >= 4 is 28.9 Å². The number of carbonyl (C=O) groups is 1. The van der Waals surface area contributed by atoms with Gasteiger partial charge in [0.25, 0.3) is 5.56 Å². The second kappa shape index (κ2) is 13.9. The standard InChI is InChI=1S/C32H32ClF2N3O6/c1-42-30-14-22(4-9-29(30)43-19-21-2-5-23(33)6-3-21)18-37-31(40)27-15-25(44-26(16-34)17-35)7-8-28(27)38(32(37)41)24-10-12-36(20-39)13-11-24/h2-9,14-15,20,24,26H,10-13,16-19H2,1H3. The van der Waals surface area contributed by atoms with E-state index in [0.29, 0.717) is 53.5 Å². The summed E-state index contributed by atoms with van der Waals surface area (Å²) in [5.41, 5.74) is 0.831. The molecule has 9 nitrogen and oxygen atoms in total. The van der Waals surface area contributed by atoms with Gasteiger partial charge >= 0.3 is 5.69 Å². The van der Waals surface area contributed by atoms with Gasteiger partial charge in [0.15, 0.2) is 17.6 Å². The van der Waals surface area contributed by atoms with E-state index in [1.54, 1.807) is 45.9 Å². The van der Waals surface area contributed by atoms with E-state index < -0.39 is 30.7 Å². The minimum atomic E-state index is -1.30. The molecule has 1 fully saturated rings. The summed E-state index contributed by atoms with van der Waals surface area (Å²) in [5.74, 6) is 1.02. The number of hydrogen-bond donors (Lipinski definition) is 0. The molecule has 12 heteroatoms. The number of likely N-dealkylation sites (tertiary alicyclic amines) is 1. The number of aromatic nitrogens is 2. The topological polar surface area (TPSA) is 92.0 Å². The van der Waals surface area contributed by atoms with Crippen molar-refractivity contribution in [2.75, 3.05) is 33.5 Å². The first-order chi connectivity index (χ1) is 21.3. The fourth-order valence-corrected chi connectivity index (χ4v) is 5.45. The lowest BCUT2D eigenvalue weighted by Crippen LogP contribution is -2.44. The molecule has 1 saturated heterocycles. The molecule has 0 aliphatic carbocycles. The van der Waals surface area contributed by atoms with Crippen molar-refractivity contribution in [3.63, 3.8) is 0 Å². The molecule has 1 aliphatic heterocycles. The van der Waals surface area contributed by atoms with Crippen molar-refractivity contribution < 1.29 is 27.8 Å². The van der Waals surface area contributed by atoms with E-state index >= 15 is 0 Å². The second-order valence-corrected chi connectivity index (χ2v) is 11.0. The van der Waals surface area contributed by atoms with Crippen LogP contribution in [0.2, 0.25) is 5.02 Å². The highest BCUT2D eigenvalue weighted by Gasteiger charge is 2.25. The summed E-state index contributed by atoms with van der Waals surface area (Å²) < 4.78 is 46.0. The molecular weight excluding hydrogens is 596 g/mol. The van der Waals surface area contributed by atoms with Crippen LogP contribution in [0.25, 0.3) is 10.9 Å². The molecule has 0 N–H and O–H groups in total. The molecule has 1 amide bonds. The molecule has 0 bridgehead atoms. The van der Waals surface area contributed by atoms with Crippen molar-refractivity contribution in [3.8, 4) is 17.2 Å². The number of alkyl halides is 2. The molecule has 0 radical (unpaired) electrons. The number of rotatable bonds is 12. The molecule has 1 aliphatic rings. The maximum absolute atomic E-state index is 14.0. The number of ether oxygens (including phenoxy) is 3. The lowest BCUT2D eigenvalue weighted by atomic mass is 10.0. The number of methoxy groups -OCH3 is 1. The van der Waals surface area contributed by atoms with Crippen LogP contribution < -0.4 is 25.5 Å². The van der Waals surface area contributed by atoms with Crippen LogP contribution in [0.3, 0.4) is 0 Å². The number of carbonyl (C=O) groups excluding carboxylic acids is 1. The van der Waals surface area contributed by atoms with Gasteiger partial charge in [-0.25, -0.2) is 13.6 Å². The Morgan fingerprint density at radius 1 is 0.955 bits per heavy atom. The molecule has 0 unspecified atom stereocenters. The predicted molar refractivity (Wildman–Crippen MR) is 163 cm³/mol. The molecule has 0 spiro atoms. The van der Waals surface area contributed by atoms with Crippen LogP contribution in [-0.4, -0.2) is 60.1 Å². The zero-order valence-corrected chi connectivity index (χ0v) is 24.8. The number of fused-ring (bicyclic) bond motifs is 1. The molecule has 1 aromatic heterocycles. The summed E-state index contributed by atoms with van der Waals surface area (Å²) in [6, 6.07) is 16.6. The monoisotopic (exact) mass is 627 g/mol. The highest BCUT2D eigenvalue weighted by atomic mass is 35.5. The molecule has 44 heavy (non-hydrogen) atoms. The first-order valence-corrected chi connectivity index (χ1v) is 14.5. The lowest BCUT2D eigenvalue weighted by Gasteiger charge is -2.31. The van der Waals surface area contributed by atoms with Gasteiger partial charge in [0.05, 0.1) is 24.6 Å². The molecule has 0 atom stereocenters. The fraction of sp³-hybridized carbons (Fsp3) is 0.344. The van der Waals surface area contributed by atoms with Gasteiger partial charge in [-0.1, -0.05) is 29.8 Å². The smallest absolute Gasteiger partial charge is 0.332 e. The summed E-state index contributed by atoms with van der Waals surface area (Å²) in [6.45, 7) is -0.931. The van der Waals surface area contributed by atoms with Crippen molar-refractivity contribution in [2.24, 2.45) is 0 Å². The normalized spacial score (nSPS) is 13.8. The Hall–Kier alpha value is -4.38. The van der Waals surface area contributed by atoms with Crippen LogP contribution >= 0.6 is 11.6 Å². The van der Waals surface area contributed by atoms with Crippen LogP contribution in [0.5, 0.6) is 17.2 Å². The van der Waals surface area contributed by atoms with Gasteiger partial charge in [0, 0.05) is 24.2 Å². The average molecular weight is 628 g/mol. The number of benzene rings is 3. The Morgan fingerprint density at radius 3 is 2.32 bits per heavy atom. The molecule has 2 heterocycles. The maximum Gasteiger partial charge on any atom is 0.332 e. The molecule has 232 valence electrons. The van der Waals surface area contributed by atoms with Crippen LogP contribution in [0, 0.1) is 0 Å². The Bertz CT molecular complexity index is 1730. The van der Waals surface area contributed by atoms with Gasteiger partial charge in [-0.05, 0) is 66.4 Å². The largest absolute Gasteiger partial charge is 0.493 e. The quantitative estimate of drug-likeness (QED) is 0.207. The van der Waals surface area contributed by atoms with Gasteiger partial charge in [-0.2, -0.15) is 0 Å². The van der Waals surface area contributed by atoms with Crippen LogP contribution in [-0.2, 0) is 17.9 Å². The highest BCUT2D eigenvalue weighted by Crippen LogP contribution is 2.30. The molecular formula is C32H32ClF2N3O6. The minimum Gasteiger partial charge on any atom is -0.493 e. The lowest BCUT2D eigenvalue weighted by molar-refractivity contribution is -0.119. The van der Waals surface area contributed by atoms with Gasteiger partial charge in [0.1, 0.15) is 25.7 Å². The third kappa shape index (κ3) is 6.72. The van der Waals surface area contributed by atoms with Crippen LogP contribution in [0.4, 0.5) is 8.78 Å². The van der Waals surface area contributed by atoms with Gasteiger partial charge in [-0.15, -0.1) is 0 Å². The Morgan fingerprint density at radius 2 is 1.66 bits per heavy atom. The van der Waals surface area contributed by atoms with Crippen LogP contribution in [0.15, 0.2) is 70.3 Å². The molecule has 0 saturated carbocycles. The van der Waals surface area contributed by atoms with E-state index in [4.69, 9.17) is 25.8 Å². The van der Waals surface area contributed by atoms with E-state index in [1.165, 1.54) is 19.2 Å². The molecule has 4 aromatic rings. The summed E-state index contributed by atoms with van der Waals surface area (Å²) in [4.78, 5) is 40.7. The maximum atomic E-state index is 14.0. The fourth-order valence-electron chi connectivity index (χ4n) is 5.33. The van der Waals surface area contributed by atoms with Crippen molar-refractivity contribution in [2.45, 2.75) is 38.1 Å². The zero-order chi connectivity index (χ0) is 31.2. The molecule has 3 aromatic carbocycles. The summed E-state index contributed by atoms with van der Waals surface area (Å²) >= 11 is 5.96. The summed E-state index contributed by atoms with van der Waals surface area (Å²) in [7, 11) is 1.50. The number of piperidine rings is 1. The van der Waals surface area contributed by atoms with E-state index in [-0.39, 0.29) is 30.3 Å². The van der Waals surface area contributed by atoms with E-state index in [1.807, 2.05) is 12.1 Å². The Kier molecular flexibility index (Phi) is 9.84. The first kappa shape index (κ1) is 31.1. The van der Waals surface area contributed by atoms with Crippen molar-refractivity contribution in [3.05, 3.63) is 97.7 Å². The van der Waals surface area contributed by atoms with Crippen LogP contribution in [0.1, 0.15) is 30.0 Å². The van der Waals surface area contributed by atoms with Gasteiger partial charge < -0.3 is 19.1 Å². The first-order valence-electron chi connectivity index (χ1n) is 14.2. The SMILES string of the molecule is COc1cc(Cn2c(=O)c3cc(OC(CF)CF)ccc3n(C3CCN(C=O)CC3)c2=O)ccc1OCc1ccc(Cl)cc1. The zero-order valence-electron chi connectivity index (χ0n) is 24.1. The third-order valence-corrected chi connectivity index (χ3v) is 7.93. The van der Waals surface area contributed by atoms with Gasteiger partial charge in [0.2, 0.25) is 6.41 Å². The minimum absolute atomic E-state index is 0.0721. The summed E-state index contributed by atoms with van der Waals surface area (Å²) in [6.07, 6.45) is 0.512. The number of hydrogen-bond acceptors (Lipinski definition) is 6. The van der Waals surface area contributed by atoms with Crippen molar-refractivity contribution in [1.82, 2.24) is 14.0 Å². The van der Waals surface area contributed by atoms with Gasteiger partial charge in [-0.3, -0.25) is 18.7 Å². The highest BCUT2D eigenvalue weighted by molar-refractivity contribution is 6.30. The predicted octanol–water partition coefficient (Wildman–Crippen LogP) is 4.93. The third-order valence-electron chi connectivity index (χ3n) is 7.68. The summed E-state index contributed by atoms with van der Waals surface area (Å²) in [5, 5.41) is 0.795. The molecule has 5 rings (SSSR count). The van der Waals surface area contributed by atoms with Crippen molar-refractivity contribution in [1.29, 1.82) is 0 Å². The Labute approximate surface area is 257 Å². The number of amides is 1. The average Bonchev–Trinajstić information content (AvgIpc) is 3.06.